The molecule has 0 aromatic heterocycles. The van der Waals surface area contributed by atoms with E-state index in [4.69, 9.17) is 0 Å². The molecule has 68 valence electrons. The predicted octanol–water partition coefficient (Wildman–Crippen LogP) is 0.425. The van der Waals surface area contributed by atoms with Gasteiger partial charge in [-0.15, -0.1) is 0 Å². The molecule has 0 amide bonds. The maximum Gasteiger partial charge on any atom is 0.0991 e. The molecule has 0 N–H and O–H groups in total. The Kier molecular flexibility index (Phi) is 2.05. The lowest BCUT2D eigenvalue weighted by Crippen LogP contribution is -2.51. The minimum absolute atomic E-state index is 0.679. The number of piperazine rings is 1. The van der Waals surface area contributed by atoms with E-state index in [0.717, 1.165) is 13.0 Å². The van der Waals surface area contributed by atoms with Crippen LogP contribution in [0.5, 0.6) is 0 Å². The van der Waals surface area contributed by atoms with Crippen LogP contribution < -0.4 is 0 Å². The van der Waals surface area contributed by atoms with Gasteiger partial charge >= 0.3 is 0 Å². The minimum Gasteiger partial charge on any atom is -0.353 e. The highest BCUT2D eigenvalue weighted by atomic mass is 15.3. The summed E-state index contributed by atoms with van der Waals surface area (Å²) in [4.78, 5) is 9.43. The molecule has 2 aliphatic rings. The Balaban J connectivity index is 2.03. The first kappa shape index (κ1) is 8.05. The molecular weight excluding hydrogens is 150 g/mol. The third-order valence-electron chi connectivity index (χ3n) is 2.82. The van der Waals surface area contributed by atoms with Gasteiger partial charge in [-0.2, -0.15) is 0 Å². The van der Waals surface area contributed by atoms with Gasteiger partial charge in [0, 0.05) is 26.1 Å². The largest absolute Gasteiger partial charge is 0.353 e. The SMILES string of the molecule is CCC1=NCC2CN(C)CCN12. The van der Waals surface area contributed by atoms with Crippen LogP contribution in [0.25, 0.3) is 0 Å². The van der Waals surface area contributed by atoms with Gasteiger partial charge in [0.05, 0.1) is 18.4 Å². The van der Waals surface area contributed by atoms with E-state index in [1.807, 2.05) is 0 Å². The number of nitrogens with zero attached hydrogens (tertiary/aromatic N) is 3. The molecule has 1 atom stereocenters. The first-order valence-corrected chi connectivity index (χ1v) is 4.79. The van der Waals surface area contributed by atoms with E-state index < -0.39 is 0 Å². The Morgan fingerprint density at radius 2 is 2.33 bits per heavy atom. The topological polar surface area (TPSA) is 18.8 Å². The van der Waals surface area contributed by atoms with E-state index in [1.54, 1.807) is 0 Å². The fourth-order valence-corrected chi connectivity index (χ4v) is 2.12. The average molecular weight is 167 g/mol. The second-order valence-electron chi connectivity index (χ2n) is 3.72. The van der Waals surface area contributed by atoms with Crippen LogP contribution in [-0.4, -0.2) is 54.9 Å². The fraction of sp³-hybridized carbons (Fsp3) is 0.889. The summed E-state index contributed by atoms with van der Waals surface area (Å²) >= 11 is 0. The zero-order valence-corrected chi connectivity index (χ0v) is 7.95. The molecule has 0 radical (unpaired) electrons. The van der Waals surface area contributed by atoms with E-state index in [9.17, 15) is 0 Å². The second kappa shape index (κ2) is 3.05. The van der Waals surface area contributed by atoms with E-state index >= 15 is 0 Å². The molecule has 2 aliphatic heterocycles. The fourth-order valence-electron chi connectivity index (χ4n) is 2.12. The molecule has 2 rings (SSSR count). The molecule has 1 saturated heterocycles. The third-order valence-corrected chi connectivity index (χ3v) is 2.82. The second-order valence-corrected chi connectivity index (χ2v) is 3.72. The number of fused-ring (bicyclic) bond motifs is 1. The van der Waals surface area contributed by atoms with Crippen LogP contribution in [-0.2, 0) is 0 Å². The maximum atomic E-state index is 4.55. The highest BCUT2D eigenvalue weighted by Gasteiger charge is 2.30. The maximum absolute atomic E-state index is 4.55. The van der Waals surface area contributed by atoms with E-state index in [0.29, 0.717) is 6.04 Å². The van der Waals surface area contributed by atoms with Crippen LogP contribution >= 0.6 is 0 Å². The molecule has 1 unspecified atom stereocenters. The van der Waals surface area contributed by atoms with E-state index in [2.05, 4.69) is 28.8 Å². The Labute approximate surface area is 74.1 Å². The van der Waals surface area contributed by atoms with Crippen molar-refractivity contribution in [2.75, 3.05) is 33.2 Å². The quantitative estimate of drug-likeness (QED) is 0.564. The molecule has 0 aromatic rings. The van der Waals surface area contributed by atoms with Gasteiger partial charge in [0.2, 0.25) is 0 Å². The molecule has 1 fully saturated rings. The molecule has 0 spiro atoms. The van der Waals surface area contributed by atoms with Gasteiger partial charge in [0.1, 0.15) is 0 Å². The summed E-state index contributed by atoms with van der Waals surface area (Å²) in [7, 11) is 2.20. The summed E-state index contributed by atoms with van der Waals surface area (Å²) < 4.78 is 0. The lowest BCUT2D eigenvalue weighted by Gasteiger charge is -2.37. The molecule has 0 saturated carbocycles. The molecule has 12 heavy (non-hydrogen) atoms. The summed E-state index contributed by atoms with van der Waals surface area (Å²) in [5.41, 5.74) is 0. The number of hydrogen-bond donors (Lipinski definition) is 0. The highest BCUT2D eigenvalue weighted by molar-refractivity contribution is 5.84. The van der Waals surface area contributed by atoms with Crippen molar-refractivity contribution < 1.29 is 0 Å². The molecule has 3 nitrogen and oxygen atoms in total. The normalized spacial score (nSPS) is 30.3. The lowest BCUT2D eigenvalue weighted by molar-refractivity contribution is 0.166. The van der Waals surface area contributed by atoms with Gasteiger partial charge < -0.3 is 9.80 Å². The summed E-state index contributed by atoms with van der Waals surface area (Å²) in [6.45, 7) is 6.77. The Bertz CT molecular complexity index is 200. The van der Waals surface area contributed by atoms with E-state index in [-0.39, 0.29) is 0 Å². The van der Waals surface area contributed by atoms with Gasteiger partial charge in [-0.05, 0) is 7.05 Å². The number of rotatable bonds is 1. The van der Waals surface area contributed by atoms with Crippen molar-refractivity contribution in [2.45, 2.75) is 19.4 Å². The molecule has 0 aromatic carbocycles. The van der Waals surface area contributed by atoms with Crippen LogP contribution in [0.15, 0.2) is 4.99 Å². The van der Waals surface area contributed by atoms with Crippen molar-refractivity contribution in [3.8, 4) is 0 Å². The number of amidine groups is 1. The first-order chi connectivity index (χ1) is 5.81. The zero-order valence-electron chi connectivity index (χ0n) is 7.95. The van der Waals surface area contributed by atoms with Crippen LogP contribution in [0.2, 0.25) is 0 Å². The first-order valence-electron chi connectivity index (χ1n) is 4.79. The van der Waals surface area contributed by atoms with Crippen molar-refractivity contribution in [1.82, 2.24) is 9.80 Å². The molecule has 0 bridgehead atoms. The Morgan fingerprint density at radius 3 is 3.08 bits per heavy atom. The molecule has 0 aliphatic carbocycles. The summed E-state index contributed by atoms with van der Waals surface area (Å²) in [6, 6.07) is 0.679. The Hall–Kier alpha value is -0.570. The lowest BCUT2D eigenvalue weighted by atomic mass is 10.2. The van der Waals surface area contributed by atoms with Gasteiger partial charge in [0.25, 0.3) is 0 Å². The summed E-state index contributed by atoms with van der Waals surface area (Å²) in [5, 5.41) is 0. The molecular formula is C9H17N3. The van der Waals surface area contributed by atoms with Crippen molar-refractivity contribution in [3.63, 3.8) is 0 Å². The summed E-state index contributed by atoms with van der Waals surface area (Å²) in [6.07, 6.45) is 1.10. The molecule has 2 heterocycles. The van der Waals surface area contributed by atoms with Crippen molar-refractivity contribution in [1.29, 1.82) is 0 Å². The zero-order chi connectivity index (χ0) is 8.55. The van der Waals surface area contributed by atoms with Crippen molar-refractivity contribution in [3.05, 3.63) is 0 Å². The van der Waals surface area contributed by atoms with Gasteiger partial charge in [-0.25, -0.2) is 0 Å². The number of hydrogen-bond acceptors (Lipinski definition) is 3. The molecule has 3 heteroatoms. The van der Waals surface area contributed by atoms with E-state index in [1.165, 1.54) is 25.5 Å². The van der Waals surface area contributed by atoms with Crippen LogP contribution in [0, 0.1) is 0 Å². The number of aliphatic imine (C=N–C) groups is 1. The van der Waals surface area contributed by atoms with Crippen molar-refractivity contribution >= 4 is 5.84 Å². The van der Waals surface area contributed by atoms with Crippen molar-refractivity contribution in [2.24, 2.45) is 4.99 Å². The Morgan fingerprint density at radius 1 is 1.50 bits per heavy atom. The van der Waals surface area contributed by atoms with Gasteiger partial charge in [-0.1, -0.05) is 6.92 Å². The monoisotopic (exact) mass is 167 g/mol. The smallest absolute Gasteiger partial charge is 0.0991 e. The van der Waals surface area contributed by atoms with Gasteiger partial charge in [-0.3, -0.25) is 4.99 Å². The van der Waals surface area contributed by atoms with Gasteiger partial charge in [0.15, 0.2) is 0 Å². The third kappa shape index (κ3) is 1.22. The predicted molar refractivity (Wildman–Crippen MR) is 50.6 cm³/mol. The number of likely N-dealkylation sites (N-methyl/N-ethyl adjacent to an activating group) is 1. The minimum atomic E-state index is 0.679. The van der Waals surface area contributed by atoms with Crippen LogP contribution in [0.3, 0.4) is 0 Å². The standard InChI is InChI=1S/C9H17N3/c1-3-9-10-6-8-7-11(2)4-5-12(8)9/h8H,3-7H2,1-2H3. The van der Waals surface area contributed by atoms with Crippen LogP contribution in [0.1, 0.15) is 13.3 Å². The van der Waals surface area contributed by atoms with Crippen LogP contribution in [0.4, 0.5) is 0 Å². The summed E-state index contributed by atoms with van der Waals surface area (Å²) in [5.74, 6) is 1.33. The highest BCUT2D eigenvalue weighted by Crippen LogP contribution is 2.16. The average Bonchev–Trinajstić information content (AvgIpc) is 2.46.